The van der Waals surface area contributed by atoms with Gasteiger partial charge in [-0.25, -0.2) is 4.90 Å². The Morgan fingerprint density at radius 1 is 0.966 bits per heavy atom. The van der Waals surface area contributed by atoms with E-state index in [1.54, 1.807) is 48.5 Å². The molecule has 2 heterocycles. The molecule has 0 unspecified atom stereocenters. The summed E-state index contributed by atoms with van der Waals surface area (Å²) in [4.78, 5) is 28.3. The average molecular weight is 445 g/mol. The van der Waals surface area contributed by atoms with E-state index in [0.29, 0.717) is 32.0 Å². The van der Waals surface area contributed by atoms with Gasteiger partial charge in [0, 0.05) is 14.9 Å². The van der Waals surface area contributed by atoms with E-state index in [9.17, 15) is 9.59 Å². The Kier molecular flexibility index (Phi) is 5.32. The number of thiophene rings is 1. The van der Waals surface area contributed by atoms with Crippen molar-refractivity contribution in [3.63, 3.8) is 0 Å². The molecule has 0 spiro atoms. The highest BCUT2D eigenvalue weighted by atomic mass is 35.5. The van der Waals surface area contributed by atoms with Crippen LogP contribution in [0.4, 0.5) is 11.4 Å². The summed E-state index contributed by atoms with van der Waals surface area (Å²) >= 11 is 13.6. The Bertz CT molecular complexity index is 1140. The van der Waals surface area contributed by atoms with Crippen molar-refractivity contribution >= 4 is 63.3 Å². The van der Waals surface area contributed by atoms with Crippen molar-refractivity contribution in [2.45, 2.75) is 0 Å². The van der Waals surface area contributed by atoms with Gasteiger partial charge in [-0.15, -0.1) is 11.3 Å². The van der Waals surface area contributed by atoms with Crippen LogP contribution >= 0.6 is 34.5 Å². The van der Waals surface area contributed by atoms with E-state index >= 15 is 0 Å². The fraction of sp³-hybridized carbons (Fsp3) is 0.0476. The maximum atomic E-state index is 13.3. The van der Waals surface area contributed by atoms with Gasteiger partial charge in [0.05, 0.1) is 24.1 Å². The third-order valence-electron chi connectivity index (χ3n) is 4.34. The van der Waals surface area contributed by atoms with Gasteiger partial charge in [0.2, 0.25) is 0 Å². The third-order valence-corrected chi connectivity index (χ3v) is 5.70. The number of hydrogen-bond acceptors (Lipinski definition) is 5. The van der Waals surface area contributed by atoms with Crippen LogP contribution in [0.3, 0.4) is 0 Å². The van der Waals surface area contributed by atoms with Crippen molar-refractivity contribution in [2.75, 3.05) is 17.3 Å². The second-order valence-electron chi connectivity index (χ2n) is 6.12. The van der Waals surface area contributed by atoms with E-state index in [0.717, 1.165) is 4.90 Å². The first-order valence-electron chi connectivity index (χ1n) is 8.52. The number of imide groups is 1. The zero-order valence-corrected chi connectivity index (χ0v) is 17.4. The standard InChI is InChI=1S/C21H14Cl2N2O3S/c1-28-16-8-7-13(23)11-15(16)24-19-18(17-6-3-9-29-17)20(26)25(21(19)27)14-5-2-4-12(22)10-14/h2-11,24H,1H3. The monoisotopic (exact) mass is 444 g/mol. The van der Waals surface area contributed by atoms with Crippen LogP contribution in [0, 0.1) is 0 Å². The predicted molar refractivity (Wildman–Crippen MR) is 117 cm³/mol. The molecule has 5 nitrogen and oxygen atoms in total. The summed E-state index contributed by atoms with van der Waals surface area (Å²) in [5, 5.41) is 5.81. The highest BCUT2D eigenvalue weighted by Gasteiger charge is 2.41. The molecule has 0 bridgehead atoms. The minimum Gasteiger partial charge on any atom is -0.495 e. The van der Waals surface area contributed by atoms with E-state index in [-0.39, 0.29) is 11.3 Å². The first-order valence-corrected chi connectivity index (χ1v) is 10.2. The number of amides is 2. The molecule has 146 valence electrons. The zero-order chi connectivity index (χ0) is 20.5. The third kappa shape index (κ3) is 3.62. The molecule has 2 amide bonds. The number of nitrogens with one attached hydrogen (secondary N) is 1. The number of halogens is 2. The Balaban J connectivity index is 1.83. The van der Waals surface area contributed by atoms with Crippen LogP contribution in [-0.4, -0.2) is 18.9 Å². The molecular formula is C21H14Cl2N2O3S. The first kappa shape index (κ1) is 19.5. The number of rotatable bonds is 5. The van der Waals surface area contributed by atoms with Gasteiger partial charge < -0.3 is 10.1 Å². The van der Waals surface area contributed by atoms with E-state index in [1.807, 2.05) is 11.4 Å². The van der Waals surface area contributed by atoms with Gasteiger partial charge in [0.25, 0.3) is 11.8 Å². The number of hydrogen-bond donors (Lipinski definition) is 1. The SMILES string of the molecule is COc1ccc(Cl)cc1NC1=C(c2cccs2)C(=O)N(c2cccc(Cl)c2)C1=O. The first-order chi connectivity index (χ1) is 14.0. The lowest BCUT2D eigenvalue weighted by atomic mass is 10.1. The fourth-order valence-corrected chi connectivity index (χ4v) is 4.18. The van der Waals surface area contributed by atoms with Crippen LogP contribution in [0.1, 0.15) is 4.88 Å². The summed E-state index contributed by atoms with van der Waals surface area (Å²) in [6.45, 7) is 0. The van der Waals surface area contributed by atoms with Gasteiger partial charge >= 0.3 is 0 Å². The Hall–Kier alpha value is -2.80. The Morgan fingerprint density at radius 3 is 2.45 bits per heavy atom. The van der Waals surface area contributed by atoms with Gasteiger partial charge in [0.1, 0.15) is 11.4 Å². The van der Waals surface area contributed by atoms with Crippen LogP contribution in [-0.2, 0) is 9.59 Å². The quantitative estimate of drug-likeness (QED) is 0.530. The van der Waals surface area contributed by atoms with Crippen molar-refractivity contribution in [1.82, 2.24) is 0 Å². The number of methoxy groups -OCH3 is 1. The molecule has 0 saturated carbocycles. The van der Waals surface area contributed by atoms with Gasteiger partial charge in [-0.05, 0) is 47.8 Å². The van der Waals surface area contributed by atoms with E-state index in [4.69, 9.17) is 27.9 Å². The second-order valence-corrected chi connectivity index (χ2v) is 7.94. The molecular weight excluding hydrogens is 431 g/mol. The van der Waals surface area contributed by atoms with Gasteiger partial charge in [-0.3, -0.25) is 9.59 Å². The summed E-state index contributed by atoms with van der Waals surface area (Å²) in [6.07, 6.45) is 0. The molecule has 0 fully saturated rings. The summed E-state index contributed by atoms with van der Waals surface area (Å²) in [6, 6.07) is 15.2. The number of carbonyl (C=O) groups excluding carboxylic acids is 2. The molecule has 4 rings (SSSR count). The number of ether oxygens (including phenoxy) is 1. The second kappa shape index (κ2) is 7.91. The van der Waals surface area contributed by atoms with Crippen molar-refractivity contribution in [3.05, 3.63) is 80.6 Å². The van der Waals surface area contributed by atoms with Crippen LogP contribution in [0.5, 0.6) is 5.75 Å². The summed E-state index contributed by atoms with van der Waals surface area (Å²) in [5.74, 6) is -0.417. The molecule has 0 radical (unpaired) electrons. The van der Waals surface area contributed by atoms with Crippen molar-refractivity contribution in [3.8, 4) is 5.75 Å². The molecule has 8 heteroatoms. The maximum Gasteiger partial charge on any atom is 0.282 e. The van der Waals surface area contributed by atoms with Gasteiger partial charge in [-0.1, -0.05) is 35.3 Å². The normalized spacial score (nSPS) is 14.0. The lowest BCUT2D eigenvalue weighted by molar-refractivity contribution is -0.120. The summed E-state index contributed by atoms with van der Waals surface area (Å²) < 4.78 is 5.36. The molecule has 2 aromatic carbocycles. The Labute approximate surface area is 181 Å². The lowest BCUT2D eigenvalue weighted by Crippen LogP contribution is -2.32. The van der Waals surface area contributed by atoms with Crippen molar-refractivity contribution in [1.29, 1.82) is 0 Å². The van der Waals surface area contributed by atoms with Crippen molar-refractivity contribution in [2.24, 2.45) is 0 Å². The highest BCUT2D eigenvalue weighted by Crippen LogP contribution is 2.38. The molecule has 29 heavy (non-hydrogen) atoms. The number of anilines is 2. The molecule has 1 aliphatic rings. The largest absolute Gasteiger partial charge is 0.495 e. The van der Waals surface area contributed by atoms with Crippen LogP contribution in [0.2, 0.25) is 10.0 Å². The summed E-state index contributed by atoms with van der Waals surface area (Å²) in [5.41, 5.74) is 1.32. The number of carbonyl (C=O) groups is 2. The molecule has 1 aromatic heterocycles. The molecule has 3 aromatic rings. The molecule has 1 N–H and O–H groups in total. The minimum absolute atomic E-state index is 0.151. The number of benzene rings is 2. The average Bonchev–Trinajstić information content (AvgIpc) is 3.29. The molecule has 0 aliphatic carbocycles. The lowest BCUT2D eigenvalue weighted by Gasteiger charge is -2.16. The van der Waals surface area contributed by atoms with Crippen molar-refractivity contribution < 1.29 is 14.3 Å². The van der Waals surface area contributed by atoms with Gasteiger partial charge in [-0.2, -0.15) is 0 Å². The fourth-order valence-electron chi connectivity index (χ4n) is 3.06. The maximum absolute atomic E-state index is 13.3. The number of nitrogens with zero attached hydrogens (tertiary/aromatic N) is 1. The molecule has 0 atom stereocenters. The predicted octanol–water partition coefficient (Wildman–Crippen LogP) is 5.46. The highest BCUT2D eigenvalue weighted by molar-refractivity contribution is 7.11. The molecule has 0 saturated heterocycles. The van der Waals surface area contributed by atoms with E-state index in [1.165, 1.54) is 18.4 Å². The molecule has 1 aliphatic heterocycles. The smallest absolute Gasteiger partial charge is 0.282 e. The van der Waals surface area contributed by atoms with E-state index in [2.05, 4.69) is 5.32 Å². The minimum atomic E-state index is -0.484. The van der Waals surface area contributed by atoms with Crippen LogP contribution in [0.15, 0.2) is 65.7 Å². The topological polar surface area (TPSA) is 58.6 Å². The Morgan fingerprint density at radius 2 is 1.76 bits per heavy atom. The van der Waals surface area contributed by atoms with Gasteiger partial charge in [0.15, 0.2) is 0 Å². The summed E-state index contributed by atoms with van der Waals surface area (Å²) in [7, 11) is 1.52. The zero-order valence-electron chi connectivity index (χ0n) is 15.1. The van der Waals surface area contributed by atoms with E-state index < -0.39 is 11.8 Å². The van der Waals surface area contributed by atoms with Crippen LogP contribution < -0.4 is 15.0 Å². The van der Waals surface area contributed by atoms with Crippen LogP contribution in [0.25, 0.3) is 5.57 Å².